The largest absolute Gasteiger partial charge is 0.326 e. The Kier molecular flexibility index (Phi) is 5.40. The first-order valence-corrected chi connectivity index (χ1v) is 8.98. The van der Waals surface area contributed by atoms with E-state index in [0.29, 0.717) is 19.4 Å². The number of carbonyl (C=O) groups excluding carboxylic acids is 1. The predicted octanol–water partition coefficient (Wildman–Crippen LogP) is 3.70. The van der Waals surface area contributed by atoms with E-state index in [1.807, 2.05) is 48.7 Å². The summed E-state index contributed by atoms with van der Waals surface area (Å²) < 4.78 is 1.43. The second kappa shape index (κ2) is 7.90. The van der Waals surface area contributed by atoms with Crippen LogP contribution in [0.4, 0.5) is 5.69 Å². The second-order valence-electron chi connectivity index (χ2n) is 5.78. The molecule has 2 aromatic heterocycles. The summed E-state index contributed by atoms with van der Waals surface area (Å²) in [5, 5.41) is 9.24. The van der Waals surface area contributed by atoms with Crippen LogP contribution < -0.4 is 10.9 Å². The Balaban J connectivity index is 1.57. The Morgan fingerprint density at radius 2 is 2.08 bits per heavy atom. The number of nitrogens with zero attached hydrogens (tertiary/aromatic N) is 2. The molecule has 1 N–H and O–H groups in total. The highest BCUT2D eigenvalue weighted by Crippen LogP contribution is 2.21. The lowest BCUT2D eigenvalue weighted by Crippen LogP contribution is -2.23. The maximum Gasteiger partial charge on any atom is 0.266 e. The van der Waals surface area contributed by atoms with Gasteiger partial charge in [-0.25, -0.2) is 4.68 Å². The summed E-state index contributed by atoms with van der Waals surface area (Å²) in [6.07, 6.45) is 0.893. The maximum absolute atomic E-state index is 12.0. The fourth-order valence-electron chi connectivity index (χ4n) is 2.50. The second-order valence-corrected chi connectivity index (χ2v) is 6.73. The summed E-state index contributed by atoms with van der Waals surface area (Å²) in [6.45, 7) is 2.40. The van der Waals surface area contributed by atoms with E-state index < -0.39 is 0 Å². The van der Waals surface area contributed by atoms with Crippen LogP contribution in [0.25, 0.3) is 10.6 Å². The Morgan fingerprint density at radius 3 is 2.84 bits per heavy atom. The molecule has 0 fully saturated rings. The average molecular weight is 353 g/mol. The van der Waals surface area contributed by atoms with Crippen LogP contribution in [0.1, 0.15) is 18.4 Å². The summed E-state index contributed by atoms with van der Waals surface area (Å²) >= 11 is 1.58. The standard InChI is InChI=1S/C19H19N3O2S/c1-14-5-2-6-15(13-14)20-18(23)8-3-11-22-19(24)10-9-16(21-22)17-7-4-12-25-17/h2,4-7,9-10,12-13H,3,8,11H2,1H3,(H,20,23). The van der Waals surface area contributed by atoms with Crippen LogP contribution in [0.15, 0.2) is 58.7 Å². The van der Waals surface area contributed by atoms with E-state index >= 15 is 0 Å². The molecule has 128 valence electrons. The molecule has 0 aliphatic heterocycles. The summed E-state index contributed by atoms with van der Waals surface area (Å²) in [5.74, 6) is -0.0620. The molecule has 25 heavy (non-hydrogen) atoms. The molecule has 0 aliphatic carbocycles. The van der Waals surface area contributed by atoms with Crippen LogP contribution in [0.5, 0.6) is 0 Å². The van der Waals surface area contributed by atoms with Crippen LogP contribution in [-0.2, 0) is 11.3 Å². The average Bonchev–Trinajstić information content (AvgIpc) is 3.11. The van der Waals surface area contributed by atoms with Gasteiger partial charge in [-0.05, 0) is 48.6 Å². The Bertz CT molecular complexity index is 916. The SMILES string of the molecule is Cc1cccc(NC(=O)CCCn2nc(-c3cccs3)ccc2=O)c1. The minimum absolute atomic E-state index is 0.0620. The molecular weight excluding hydrogens is 334 g/mol. The number of amides is 1. The third-order valence-electron chi connectivity index (χ3n) is 3.72. The molecule has 2 heterocycles. The lowest BCUT2D eigenvalue weighted by molar-refractivity contribution is -0.116. The third-order valence-corrected chi connectivity index (χ3v) is 4.61. The van der Waals surface area contributed by atoms with Gasteiger partial charge in [-0.15, -0.1) is 11.3 Å². The third kappa shape index (κ3) is 4.64. The van der Waals surface area contributed by atoms with E-state index in [4.69, 9.17) is 0 Å². The monoisotopic (exact) mass is 353 g/mol. The molecule has 6 heteroatoms. The van der Waals surface area contributed by atoms with Crippen LogP contribution >= 0.6 is 11.3 Å². The molecule has 3 rings (SSSR count). The van der Waals surface area contributed by atoms with Crippen LogP contribution in [0.2, 0.25) is 0 Å². The number of aryl methyl sites for hydroxylation is 2. The van der Waals surface area contributed by atoms with Crippen molar-refractivity contribution in [2.45, 2.75) is 26.3 Å². The van der Waals surface area contributed by atoms with E-state index in [0.717, 1.165) is 21.8 Å². The van der Waals surface area contributed by atoms with Crippen molar-refractivity contribution >= 4 is 22.9 Å². The zero-order valence-corrected chi connectivity index (χ0v) is 14.8. The topological polar surface area (TPSA) is 64.0 Å². The Labute approximate surface area is 150 Å². The van der Waals surface area contributed by atoms with Gasteiger partial charge in [-0.1, -0.05) is 18.2 Å². The van der Waals surface area contributed by atoms with Crippen molar-refractivity contribution in [3.05, 3.63) is 69.8 Å². The molecule has 0 atom stereocenters. The van der Waals surface area contributed by atoms with Crippen molar-refractivity contribution < 1.29 is 4.79 Å². The number of thiophene rings is 1. The predicted molar refractivity (Wildman–Crippen MR) is 101 cm³/mol. The van der Waals surface area contributed by atoms with E-state index in [1.54, 1.807) is 17.4 Å². The Morgan fingerprint density at radius 1 is 1.20 bits per heavy atom. The highest BCUT2D eigenvalue weighted by atomic mass is 32.1. The highest BCUT2D eigenvalue weighted by molar-refractivity contribution is 7.13. The molecule has 3 aromatic rings. The van der Waals surface area contributed by atoms with Crippen LogP contribution in [-0.4, -0.2) is 15.7 Å². The Hall–Kier alpha value is -2.73. The number of rotatable bonds is 6. The fraction of sp³-hybridized carbons (Fsp3) is 0.211. The minimum Gasteiger partial charge on any atom is -0.326 e. The number of benzene rings is 1. The number of carbonyl (C=O) groups is 1. The quantitative estimate of drug-likeness (QED) is 0.735. The molecule has 0 spiro atoms. The lowest BCUT2D eigenvalue weighted by Gasteiger charge is -2.08. The molecular formula is C19H19N3O2S. The molecule has 5 nitrogen and oxygen atoms in total. The normalized spacial score (nSPS) is 10.6. The minimum atomic E-state index is -0.153. The van der Waals surface area contributed by atoms with Gasteiger partial charge in [0.15, 0.2) is 0 Å². The van der Waals surface area contributed by atoms with Crippen molar-refractivity contribution in [3.63, 3.8) is 0 Å². The molecule has 0 bridgehead atoms. The molecule has 0 aliphatic rings. The molecule has 0 unspecified atom stereocenters. The van der Waals surface area contributed by atoms with Crippen molar-refractivity contribution in [1.29, 1.82) is 0 Å². The number of anilines is 1. The van der Waals surface area contributed by atoms with Crippen molar-refractivity contribution in [2.75, 3.05) is 5.32 Å². The first kappa shape index (κ1) is 17.1. The van der Waals surface area contributed by atoms with Gasteiger partial charge in [-0.3, -0.25) is 9.59 Å². The van der Waals surface area contributed by atoms with E-state index in [-0.39, 0.29) is 11.5 Å². The molecule has 0 radical (unpaired) electrons. The summed E-state index contributed by atoms with van der Waals surface area (Å²) in [5.41, 5.74) is 2.51. The van der Waals surface area contributed by atoms with Crippen molar-refractivity contribution in [2.24, 2.45) is 0 Å². The van der Waals surface area contributed by atoms with Crippen LogP contribution in [0, 0.1) is 6.92 Å². The van der Waals surface area contributed by atoms with Gasteiger partial charge in [0.2, 0.25) is 5.91 Å². The summed E-state index contributed by atoms with van der Waals surface area (Å²) in [4.78, 5) is 25.0. The zero-order valence-electron chi connectivity index (χ0n) is 13.9. The highest BCUT2D eigenvalue weighted by Gasteiger charge is 2.06. The first-order valence-electron chi connectivity index (χ1n) is 8.10. The van der Waals surface area contributed by atoms with Gasteiger partial charge in [0.1, 0.15) is 5.69 Å². The molecule has 1 amide bonds. The van der Waals surface area contributed by atoms with E-state index in [1.165, 1.54) is 10.7 Å². The molecule has 1 aromatic carbocycles. The maximum atomic E-state index is 12.0. The van der Waals surface area contributed by atoms with Crippen molar-refractivity contribution in [3.8, 4) is 10.6 Å². The molecule has 0 saturated carbocycles. The molecule has 0 saturated heterocycles. The van der Waals surface area contributed by atoms with Gasteiger partial charge >= 0.3 is 0 Å². The fourth-order valence-corrected chi connectivity index (χ4v) is 3.19. The van der Waals surface area contributed by atoms with E-state index in [9.17, 15) is 9.59 Å². The van der Waals surface area contributed by atoms with Gasteiger partial charge in [0.05, 0.1) is 4.88 Å². The number of hydrogen-bond donors (Lipinski definition) is 1. The van der Waals surface area contributed by atoms with Gasteiger partial charge in [0.25, 0.3) is 5.56 Å². The van der Waals surface area contributed by atoms with Crippen molar-refractivity contribution in [1.82, 2.24) is 9.78 Å². The zero-order chi connectivity index (χ0) is 17.6. The number of nitrogens with one attached hydrogen (secondary N) is 1. The number of hydrogen-bond acceptors (Lipinski definition) is 4. The lowest BCUT2D eigenvalue weighted by atomic mass is 10.2. The summed E-state index contributed by atoms with van der Waals surface area (Å²) in [7, 11) is 0. The van der Waals surface area contributed by atoms with Gasteiger partial charge in [-0.2, -0.15) is 5.10 Å². The summed E-state index contributed by atoms with van der Waals surface area (Å²) in [6, 6.07) is 14.8. The van der Waals surface area contributed by atoms with Gasteiger partial charge in [0, 0.05) is 24.7 Å². The number of aromatic nitrogens is 2. The first-order chi connectivity index (χ1) is 12.1. The van der Waals surface area contributed by atoms with Crippen LogP contribution in [0.3, 0.4) is 0 Å². The smallest absolute Gasteiger partial charge is 0.266 e. The van der Waals surface area contributed by atoms with Gasteiger partial charge < -0.3 is 5.32 Å². The van der Waals surface area contributed by atoms with E-state index in [2.05, 4.69) is 10.4 Å².